The number of anilines is 1. The van der Waals surface area contributed by atoms with E-state index in [9.17, 15) is 8.78 Å². The zero-order valence-corrected chi connectivity index (χ0v) is 18.8. The van der Waals surface area contributed by atoms with E-state index < -0.39 is 11.6 Å². The van der Waals surface area contributed by atoms with E-state index >= 15 is 0 Å². The molecule has 0 aliphatic carbocycles. The molecular formula is C26H29F2N3. The van der Waals surface area contributed by atoms with Gasteiger partial charge in [-0.3, -0.25) is 0 Å². The number of hydrogen-bond donors (Lipinski definition) is 1. The van der Waals surface area contributed by atoms with Gasteiger partial charge in [0.25, 0.3) is 0 Å². The minimum absolute atomic E-state index is 0.469. The predicted molar refractivity (Wildman–Crippen MR) is 128 cm³/mol. The first-order valence-electron chi connectivity index (χ1n) is 10.3. The van der Waals surface area contributed by atoms with Crippen LogP contribution in [0.5, 0.6) is 0 Å². The number of benzene rings is 2. The van der Waals surface area contributed by atoms with E-state index in [4.69, 9.17) is 4.98 Å². The van der Waals surface area contributed by atoms with Crippen LogP contribution >= 0.6 is 0 Å². The normalized spacial score (nSPS) is 11.4. The highest BCUT2D eigenvalue weighted by atomic mass is 19.1. The van der Waals surface area contributed by atoms with Gasteiger partial charge in [-0.05, 0) is 48.7 Å². The van der Waals surface area contributed by atoms with Gasteiger partial charge >= 0.3 is 0 Å². The Kier molecular flexibility index (Phi) is 8.62. The Labute approximate surface area is 183 Å². The summed E-state index contributed by atoms with van der Waals surface area (Å²) in [5.41, 5.74) is 3.49. The molecule has 2 aromatic carbocycles. The molecule has 162 valence electrons. The van der Waals surface area contributed by atoms with Crippen molar-refractivity contribution in [3.05, 3.63) is 84.2 Å². The summed E-state index contributed by atoms with van der Waals surface area (Å²) in [5, 5.41) is 3.93. The number of nitrogens with zero attached hydrogens (tertiary/aromatic N) is 2. The fraction of sp³-hybridized carbons (Fsp3) is 0.231. The number of hydrogen-bond acceptors (Lipinski definition) is 3. The minimum Gasteiger partial charge on any atom is -0.373 e. The first-order valence-corrected chi connectivity index (χ1v) is 10.3. The summed E-state index contributed by atoms with van der Waals surface area (Å²) >= 11 is 0. The molecule has 3 rings (SSSR count). The van der Waals surface area contributed by atoms with Gasteiger partial charge in [0, 0.05) is 24.1 Å². The van der Waals surface area contributed by atoms with Crippen LogP contribution in [0.4, 0.5) is 14.6 Å². The second-order valence-corrected chi connectivity index (χ2v) is 7.00. The minimum atomic E-state index is -0.614. The fourth-order valence-electron chi connectivity index (χ4n) is 3.11. The number of allylic oxidation sites excluding steroid dienone is 5. The van der Waals surface area contributed by atoms with Crippen molar-refractivity contribution in [2.75, 3.05) is 12.4 Å². The van der Waals surface area contributed by atoms with Crippen molar-refractivity contribution >= 4 is 22.3 Å². The summed E-state index contributed by atoms with van der Waals surface area (Å²) in [6, 6.07) is 7.19. The maximum absolute atomic E-state index is 13.7. The zero-order valence-electron chi connectivity index (χ0n) is 18.8. The van der Waals surface area contributed by atoms with Crippen molar-refractivity contribution in [3.63, 3.8) is 0 Å². The molecule has 0 atom stereocenters. The number of rotatable bonds is 5. The first-order chi connectivity index (χ1) is 14.9. The van der Waals surface area contributed by atoms with Gasteiger partial charge in [0.1, 0.15) is 17.5 Å². The lowest BCUT2D eigenvalue weighted by Crippen LogP contribution is -2.02. The van der Waals surface area contributed by atoms with Crippen LogP contribution < -0.4 is 5.32 Å². The molecule has 0 saturated carbocycles. The third kappa shape index (κ3) is 5.63. The highest BCUT2D eigenvalue weighted by Crippen LogP contribution is 2.33. The Balaban J connectivity index is 0.00000107. The van der Waals surface area contributed by atoms with Gasteiger partial charge in [-0.2, -0.15) is 0 Å². The molecule has 1 heterocycles. The molecule has 0 aliphatic rings. The van der Waals surface area contributed by atoms with Crippen LogP contribution in [-0.4, -0.2) is 17.0 Å². The maximum Gasteiger partial charge on any atom is 0.162 e. The van der Waals surface area contributed by atoms with Crippen LogP contribution in [0.2, 0.25) is 0 Å². The van der Waals surface area contributed by atoms with Gasteiger partial charge in [-0.1, -0.05) is 57.2 Å². The largest absolute Gasteiger partial charge is 0.373 e. The fourth-order valence-corrected chi connectivity index (χ4v) is 3.11. The molecule has 0 saturated heterocycles. The van der Waals surface area contributed by atoms with Crippen LogP contribution in [0.15, 0.2) is 61.2 Å². The van der Waals surface area contributed by atoms with Gasteiger partial charge in [0.15, 0.2) is 5.82 Å². The van der Waals surface area contributed by atoms with E-state index in [1.54, 1.807) is 13.1 Å². The number of nitrogens with one attached hydrogen (secondary N) is 1. The van der Waals surface area contributed by atoms with E-state index in [0.717, 1.165) is 28.2 Å². The SMILES string of the molecule is C=C/C(=C\C=C/C)c1nc(NC)c2ccc(-c3cc(F)cc(F)c3)c(C)c2n1.CCC. The number of aromatic nitrogens is 2. The Morgan fingerprint density at radius 1 is 1.10 bits per heavy atom. The summed E-state index contributed by atoms with van der Waals surface area (Å²) < 4.78 is 27.4. The molecule has 1 aromatic heterocycles. The van der Waals surface area contributed by atoms with Crippen LogP contribution in [-0.2, 0) is 0 Å². The van der Waals surface area contributed by atoms with E-state index in [1.807, 2.05) is 44.2 Å². The Morgan fingerprint density at radius 2 is 1.74 bits per heavy atom. The summed E-state index contributed by atoms with van der Waals surface area (Å²) in [6.07, 6.45) is 8.63. The number of halogens is 2. The van der Waals surface area contributed by atoms with Gasteiger partial charge in [0.05, 0.1) is 5.52 Å². The van der Waals surface area contributed by atoms with Crippen LogP contribution in [0.25, 0.3) is 27.6 Å². The molecule has 3 aromatic rings. The predicted octanol–water partition coefficient (Wildman–Crippen LogP) is 7.49. The van der Waals surface area contributed by atoms with E-state index in [-0.39, 0.29) is 0 Å². The molecule has 0 fully saturated rings. The third-order valence-corrected chi connectivity index (χ3v) is 4.48. The van der Waals surface area contributed by atoms with Gasteiger partial charge in [-0.25, -0.2) is 18.7 Å². The molecule has 0 bridgehead atoms. The second-order valence-electron chi connectivity index (χ2n) is 7.00. The maximum atomic E-state index is 13.7. The van der Waals surface area contributed by atoms with Crippen molar-refractivity contribution < 1.29 is 8.78 Å². The Bertz CT molecular complexity index is 1110. The second kappa shape index (κ2) is 11.2. The molecule has 3 nitrogen and oxygen atoms in total. The highest BCUT2D eigenvalue weighted by molar-refractivity contribution is 5.96. The standard InChI is InChI=1S/C23H21F2N3.C3H8/c1-5-7-8-15(6-2)22-27-21-14(3)19(9-10-20(21)23(26-4)28-22)16-11-17(24)13-18(25)12-16;1-3-2/h5-13H,2H2,1,3-4H3,(H,26,27,28);3H2,1-2H3/b7-5-,15-8+;. The number of fused-ring (bicyclic) bond motifs is 1. The summed E-state index contributed by atoms with van der Waals surface area (Å²) in [6.45, 7) is 11.9. The van der Waals surface area contributed by atoms with Crippen molar-refractivity contribution in [3.8, 4) is 11.1 Å². The zero-order chi connectivity index (χ0) is 23.0. The molecule has 0 aliphatic heterocycles. The summed E-state index contributed by atoms with van der Waals surface area (Å²) in [7, 11) is 1.79. The Hall–Kier alpha value is -3.34. The molecule has 0 unspecified atom stereocenters. The summed E-state index contributed by atoms with van der Waals surface area (Å²) in [5.74, 6) is -0.0297. The quantitative estimate of drug-likeness (QED) is 0.434. The lowest BCUT2D eigenvalue weighted by atomic mass is 9.97. The summed E-state index contributed by atoms with van der Waals surface area (Å²) in [4.78, 5) is 9.33. The molecule has 0 amide bonds. The topological polar surface area (TPSA) is 37.8 Å². The first kappa shape index (κ1) is 23.9. The van der Waals surface area contributed by atoms with Crippen molar-refractivity contribution in [2.45, 2.75) is 34.1 Å². The van der Waals surface area contributed by atoms with E-state index in [0.29, 0.717) is 22.7 Å². The highest BCUT2D eigenvalue weighted by Gasteiger charge is 2.14. The third-order valence-electron chi connectivity index (χ3n) is 4.48. The lowest BCUT2D eigenvalue weighted by Gasteiger charge is -2.14. The molecule has 1 N–H and O–H groups in total. The van der Waals surface area contributed by atoms with Crippen molar-refractivity contribution in [1.29, 1.82) is 0 Å². The van der Waals surface area contributed by atoms with Crippen molar-refractivity contribution in [2.24, 2.45) is 0 Å². The lowest BCUT2D eigenvalue weighted by molar-refractivity contribution is 0.584. The number of aryl methyl sites for hydroxylation is 1. The molecule has 5 heteroatoms. The van der Waals surface area contributed by atoms with E-state index in [2.05, 4.69) is 30.7 Å². The molecule has 31 heavy (non-hydrogen) atoms. The smallest absolute Gasteiger partial charge is 0.162 e. The molecular weight excluding hydrogens is 392 g/mol. The molecule has 0 radical (unpaired) electrons. The van der Waals surface area contributed by atoms with Crippen LogP contribution in [0.3, 0.4) is 0 Å². The van der Waals surface area contributed by atoms with Crippen LogP contribution in [0.1, 0.15) is 38.6 Å². The van der Waals surface area contributed by atoms with Crippen molar-refractivity contribution in [1.82, 2.24) is 9.97 Å². The Morgan fingerprint density at radius 3 is 2.29 bits per heavy atom. The average molecular weight is 422 g/mol. The molecule has 0 spiro atoms. The van der Waals surface area contributed by atoms with Gasteiger partial charge in [-0.15, -0.1) is 0 Å². The van der Waals surface area contributed by atoms with Gasteiger partial charge < -0.3 is 5.32 Å². The monoisotopic (exact) mass is 421 g/mol. The van der Waals surface area contributed by atoms with E-state index in [1.165, 1.54) is 18.6 Å². The average Bonchev–Trinajstić information content (AvgIpc) is 2.74. The van der Waals surface area contributed by atoms with Gasteiger partial charge in [0.2, 0.25) is 0 Å². The van der Waals surface area contributed by atoms with Crippen LogP contribution in [0, 0.1) is 18.6 Å².